The Labute approximate surface area is 154 Å². The maximum atomic E-state index is 12.2. The molecular weight excluding hydrogens is 346 g/mol. The second kappa shape index (κ2) is 7.33. The number of hydrogen-bond acceptors (Lipinski definition) is 6. The molecule has 0 amide bonds. The lowest BCUT2D eigenvalue weighted by atomic mass is 10.2. The summed E-state index contributed by atoms with van der Waals surface area (Å²) < 4.78 is 5.93. The molecule has 0 aliphatic carbocycles. The normalized spacial score (nSPS) is 10.6. The third kappa shape index (κ3) is 3.55. The maximum absolute atomic E-state index is 12.2. The van der Waals surface area contributed by atoms with E-state index in [1.54, 1.807) is 18.3 Å². The van der Waals surface area contributed by atoms with E-state index >= 15 is 0 Å². The lowest BCUT2D eigenvalue weighted by Gasteiger charge is -2.12. The van der Waals surface area contributed by atoms with Crippen molar-refractivity contribution in [2.24, 2.45) is 0 Å². The number of para-hydroxylation sites is 2. The molecule has 4 rings (SSSR count). The van der Waals surface area contributed by atoms with Gasteiger partial charge in [-0.1, -0.05) is 53.8 Å². The van der Waals surface area contributed by atoms with Gasteiger partial charge in [-0.05, 0) is 29.8 Å². The summed E-state index contributed by atoms with van der Waals surface area (Å²) in [6.07, 6.45) is 1.67. The van der Waals surface area contributed by atoms with E-state index in [1.165, 1.54) is 11.3 Å². The van der Waals surface area contributed by atoms with Crippen LogP contribution in [0, 0.1) is 0 Å². The van der Waals surface area contributed by atoms with Crippen LogP contribution in [0.4, 0.5) is 10.8 Å². The predicted octanol–water partition coefficient (Wildman–Crippen LogP) is 4.37. The predicted molar refractivity (Wildman–Crippen MR) is 104 cm³/mol. The Morgan fingerprint density at radius 1 is 0.962 bits per heavy atom. The van der Waals surface area contributed by atoms with Crippen LogP contribution in [0.25, 0.3) is 10.2 Å². The molecular formula is C20H15N3O2S. The Balaban J connectivity index is 1.60. The van der Waals surface area contributed by atoms with Crippen molar-refractivity contribution in [3.05, 3.63) is 88.8 Å². The molecule has 6 heteroatoms. The van der Waals surface area contributed by atoms with Gasteiger partial charge in [-0.3, -0.25) is 4.79 Å². The molecule has 4 aromatic rings. The first-order valence-electron chi connectivity index (χ1n) is 8.08. The summed E-state index contributed by atoms with van der Waals surface area (Å²) in [5.74, 6) is 0.693. The quantitative estimate of drug-likeness (QED) is 0.572. The molecule has 0 atom stereocenters. The Bertz CT molecular complexity index is 1100. The zero-order valence-corrected chi connectivity index (χ0v) is 14.6. The average Bonchev–Trinajstić information content (AvgIpc) is 2.68. The highest BCUT2D eigenvalue weighted by molar-refractivity contribution is 7.21. The third-order valence-corrected chi connectivity index (χ3v) is 4.67. The van der Waals surface area contributed by atoms with E-state index in [2.05, 4.69) is 15.3 Å². The number of ether oxygens (including phenoxy) is 1. The van der Waals surface area contributed by atoms with Gasteiger partial charge in [0.05, 0.1) is 11.1 Å². The summed E-state index contributed by atoms with van der Waals surface area (Å²) in [5.41, 5.74) is 1.54. The van der Waals surface area contributed by atoms with Crippen molar-refractivity contribution >= 4 is 32.4 Å². The molecule has 0 aliphatic rings. The zero-order valence-electron chi connectivity index (χ0n) is 13.8. The summed E-state index contributed by atoms with van der Waals surface area (Å²) in [6.45, 7) is 0.461. The van der Waals surface area contributed by atoms with Crippen LogP contribution in [-0.2, 0) is 6.61 Å². The zero-order chi connectivity index (χ0) is 17.8. The maximum Gasteiger partial charge on any atom is 0.282 e. The van der Waals surface area contributed by atoms with Crippen LogP contribution < -0.4 is 15.6 Å². The van der Waals surface area contributed by atoms with E-state index in [1.807, 2.05) is 54.6 Å². The van der Waals surface area contributed by atoms with Gasteiger partial charge < -0.3 is 10.1 Å². The molecule has 1 N–H and O–H groups in total. The molecule has 2 aromatic heterocycles. The van der Waals surface area contributed by atoms with Crippen molar-refractivity contribution in [1.29, 1.82) is 0 Å². The lowest BCUT2D eigenvalue weighted by molar-refractivity contribution is 0.308. The molecule has 0 saturated heterocycles. The fraction of sp³-hybridized carbons (Fsp3) is 0.0500. The van der Waals surface area contributed by atoms with Crippen LogP contribution in [0.2, 0.25) is 0 Å². The van der Waals surface area contributed by atoms with Gasteiger partial charge in [0.1, 0.15) is 17.2 Å². The molecule has 0 saturated carbocycles. The first-order valence-corrected chi connectivity index (χ1v) is 8.90. The highest BCUT2D eigenvalue weighted by Gasteiger charge is 2.08. The van der Waals surface area contributed by atoms with Crippen LogP contribution in [-0.4, -0.2) is 9.97 Å². The van der Waals surface area contributed by atoms with Crippen molar-refractivity contribution in [1.82, 2.24) is 9.97 Å². The highest BCUT2D eigenvalue weighted by Crippen LogP contribution is 2.29. The van der Waals surface area contributed by atoms with Gasteiger partial charge in [0.2, 0.25) is 0 Å². The van der Waals surface area contributed by atoms with Gasteiger partial charge in [0.25, 0.3) is 5.56 Å². The molecule has 128 valence electrons. The minimum atomic E-state index is -0.294. The summed E-state index contributed by atoms with van der Waals surface area (Å²) in [4.78, 5) is 21.2. The molecule has 0 unspecified atom stereocenters. The topological polar surface area (TPSA) is 64.1 Å². The Kier molecular flexibility index (Phi) is 4.57. The summed E-state index contributed by atoms with van der Waals surface area (Å²) >= 11 is 1.33. The SMILES string of the molecule is O=c1nc(Nc2ccccc2OCc2ccccc2)sc2ncccc12. The second-order valence-corrected chi connectivity index (χ2v) is 6.55. The standard InChI is InChI=1S/C20H15N3O2S/c24-18-15-9-6-12-21-19(15)26-20(23-18)22-16-10-4-5-11-17(16)25-13-14-7-2-1-3-8-14/h1-12H,13H2,(H,22,23,24). The number of rotatable bonds is 5. The summed E-state index contributed by atoms with van der Waals surface area (Å²) in [7, 11) is 0. The van der Waals surface area contributed by atoms with Crippen molar-refractivity contribution < 1.29 is 4.74 Å². The van der Waals surface area contributed by atoms with Gasteiger partial charge in [-0.25, -0.2) is 4.98 Å². The number of anilines is 2. The smallest absolute Gasteiger partial charge is 0.282 e. The Morgan fingerprint density at radius 3 is 2.65 bits per heavy atom. The van der Waals surface area contributed by atoms with E-state index in [0.717, 1.165) is 11.3 Å². The van der Waals surface area contributed by atoms with E-state index in [4.69, 9.17) is 4.74 Å². The van der Waals surface area contributed by atoms with Crippen molar-refractivity contribution in [2.45, 2.75) is 6.61 Å². The number of pyridine rings is 1. The van der Waals surface area contributed by atoms with Crippen molar-refractivity contribution in [3.63, 3.8) is 0 Å². The first kappa shape index (κ1) is 16.2. The summed E-state index contributed by atoms with van der Waals surface area (Å²) in [6, 6.07) is 21.0. The molecule has 2 aromatic carbocycles. The molecule has 0 spiro atoms. The van der Waals surface area contributed by atoms with E-state index < -0.39 is 0 Å². The third-order valence-electron chi connectivity index (χ3n) is 3.76. The van der Waals surface area contributed by atoms with Crippen LogP contribution in [0.5, 0.6) is 5.75 Å². The van der Waals surface area contributed by atoms with Gasteiger partial charge >= 0.3 is 0 Å². The lowest BCUT2D eigenvalue weighted by Crippen LogP contribution is -2.08. The monoisotopic (exact) mass is 361 g/mol. The molecule has 0 bridgehead atoms. The first-order chi connectivity index (χ1) is 12.8. The molecule has 2 heterocycles. The molecule has 0 fully saturated rings. The van der Waals surface area contributed by atoms with E-state index in [9.17, 15) is 4.79 Å². The minimum absolute atomic E-state index is 0.294. The van der Waals surface area contributed by atoms with Crippen LogP contribution in [0.3, 0.4) is 0 Å². The number of benzene rings is 2. The van der Waals surface area contributed by atoms with E-state index in [-0.39, 0.29) is 5.56 Å². The largest absolute Gasteiger partial charge is 0.487 e. The number of hydrogen-bond donors (Lipinski definition) is 1. The number of aromatic nitrogens is 2. The van der Waals surface area contributed by atoms with Crippen molar-refractivity contribution in [2.75, 3.05) is 5.32 Å². The van der Waals surface area contributed by atoms with Crippen LogP contribution >= 0.6 is 11.3 Å². The number of fused-ring (bicyclic) bond motifs is 1. The average molecular weight is 361 g/mol. The molecule has 5 nitrogen and oxygen atoms in total. The highest BCUT2D eigenvalue weighted by atomic mass is 32.1. The van der Waals surface area contributed by atoms with Gasteiger partial charge in [-0.2, -0.15) is 4.98 Å². The van der Waals surface area contributed by atoms with E-state index in [0.29, 0.717) is 27.7 Å². The Morgan fingerprint density at radius 2 is 1.77 bits per heavy atom. The van der Waals surface area contributed by atoms with Gasteiger partial charge in [-0.15, -0.1) is 0 Å². The molecule has 0 aliphatic heterocycles. The number of nitrogens with zero attached hydrogens (tertiary/aromatic N) is 2. The number of nitrogens with one attached hydrogen (secondary N) is 1. The van der Waals surface area contributed by atoms with Gasteiger partial charge in [0.15, 0.2) is 5.13 Å². The van der Waals surface area contributed by atoms with Crippen molar-refractivity contribution in [3.8, 4) is 5.75 Å². The fourth-order valence-electron chi connectivity index (χ4n) is 2.50. The Hall–Kier alpha value is -3.25. The summed E-state index contributed by atoms with van der Waals surface area (Å²) in [5, 5.41) is 4.19. The van der Waals surface area contributed by atoms with Crippen LogP contribution in [0.15, 0.2) is 77.7 Å². The molecule has 0 radical (unpaired) electrons. The minimum Gasteiger partial charge on any atom is -0.487 e. The fourth-order valence-corrected chi connectivity index (χ4v) is 3.35. The van der Waals surface area contributed by atoms with Gasteiger partial charge in [0, 0.05) is 6.20 Å². The molecule has 26 heavy (non-hydrogen) atoms. The second-order valence-electron chi connectivity index (χ2n) is 5.58. The van der Waals surface area contributed by atoms with Crippen LogP contribution in [0.1, 0.15) is 5.56 Å².